The van der Waals surface area contributed by atoms with Crippen molar-refractivity contribution in [3.63, 3.8) is 0 Å². The van der Waals surface area contributed by atoms with E-state index in [0.717, 1.165) is 35.0 Å². The van der Waals surface area contributed by atoms with E-state index in [1.54, 1.807) is 12.1 Å². The predicted molar refractivity (Wildman–Crippen MR) is 118 cm³/mol. The third-order valence-corrected chi connectivity index (χ3v) is 7.07. The van der Waals surface area contributed by atoms with Crippen LogP contribution in [0.3, 0.4) is 0 Å². The van der Waals surface area contributed by atoms with Gasteiger partial charge in [0.1, 0.15) is 5.75 Å². The molecule has 4 heteroatoms. The molecule has 5 rings (SSSR count). The minimum absolute atomic E-state index is 0.303. The molecule has 1 aliphatic carbocycles. The number of thiocarbonyl (C=S) groups is 1. The van der Waals surface area contributed by atoms with Gasteiger partial charge in [-0.2, -0.15) is 0 Å². The van der Waals surface area contributed by atoms with E-state index in [0.29, 0.717) is 11.7 Å². The SMILES string of the molecule is Oc1ccc2c3c([nH]c2c1)C(=S)C(CC1CCN(Cc2ccccc2)CC1)C3. The number of aromatic hydroxyl groups is 1. The van der Waals surface area contributed by atoms with Crippen LogP contribution in [0, 0.1) is 11.8 Å². The van der Waals surface area contributed by atoms with Gasteiger partial charge in [-0.3, -0.25) is 4.90 Å². The standard InChI is InChI=1S/C24H26N2OS/c27-19-6-7-20-21-13-18(24(28)23(21)25-22(20)14-19)12-16-8-10-26(11-9-16)15-17-4-2-1-3-5-17/h1-7,14,16,18,25,27H,8-13,15H2. The molecule has 2 N–H and O–H groups in total. The summed E-state index contributed by atoms with van der Waals surface area (Å²) in [4.78, 5) is 7.14. The molecular weight excluding hydrogens is 364 g/mol. The molecule has 1 unspecified atom stereocenters. The Morgan fingerprint density at radius 3 is 2.64 bits per heavy atom. The molecule has 144 valence electrons. The Hall–Kier alpha value is -2.17. The van der Waals surface area contributed by atoms with Gasteiger partial charge in [0.25, 0.3) is 0 Å². The minimum atomic E-state index is 0.303. The fourth-order valence-corrected chi connectivity index (χ4v) is 5.38. The lowest BCUT2D eigenvalue weighted by Crippen LogP contribution is -2.34. The second kappa shape index (κ2) is 7.34. The van der Waals surface area contributed by atoms with Crippen molar-refractivity contribution >= 4 is 28.0 Å². The zero-order valence-electron chi connectivity index (χ0n) is 16.0. The van der Waals surface area contributed by atoms with Crippen molar-refractivity contribution in [1.29, 1.82) is 0 Å². The van der Waals surface area contributed by atoms with E-state index in [1.165, 1.54) is 48.9 Å². The Morgan fingerprint density at radius 1 is 1.07 bits per heavy atom. The molecular formula is C24H26N2OS. The molecule has 3 aromatic rings. The van der Waals surface area contributed by atoms with Crippen LogP contribution in [0.2, 0.25) is 0 Å². The number of phenolic OH excluding ortho intramolecular Hbond substituents is 1. The lowest BCUT2D eigenvalue weighted by atomic mass is 9.85. The second-order valence-corrected chi connectivity index (χ2v) is 8.85. The minimum Gasteiger partial charge on any atom is -0.508 e. The zero-order valence-corrected chi connectivity index (χ0v) is 16.8. The van der Waals surface area contributed by atoms with E-state index in [-0.39, 0.29) is 0 Å². The summed E-state index contributed by atoms with van der Waals surface area (Å²) in [5.41, 5.74) is 4.91. The number of piperidine rings is 1. The van der Waals surface area contributed by atoms with E-state index in [9.17, 15) is 5.11 Å². The maximum Gasteiger partial charge on any atom is 0.117 e. The number of rotatable bonds is 4. The van der Waals surface area contributed by atoms with Gasteiger partial charge in [-0.15, -0.1) is 0 Å². The number of benzene rings is 2. The summed E-state index contributed by atoms with van der Waals surface area (Å²) in [5, 5.41) is 10.9. The van der Waals surface area contributed by atoms with Crippen molar-refractivity contribution in [2.45, 2.75) is 32.2 Å². The topological polar surface area (TPSA) is 39.3 Å². The summed E-state index contributed by atoms with van der Waals surface area (Å²) < 4.78 is 0. The molecule has 0 saturated carbocycles. The lowest BCUT2D eigenvalue weighted by Gasteiger charge is -2.33. The van der Waals surface area contributed by atoms with Crippen LogP contribution in [0.4, 0.5) is 0 Å². The van der Waals surface area contributed by atoms with E-state index in [1.807, 2.05) is 6.07 Å². The first-order valence-electron chi connectivity index (χ1n) is 10.3. The number of phenols is 1. The third-order valence-electron chi connectivity index (χ3n) is 6.53. The number of fused-ring (bicyclic) bond motifs is 3. The highest BCUT2D eigenvalue weighted by molar-refractivity contribution is 7.80. The molecule has 2 aliphatic rings. The summed E-state index contributed by atoms with van der Waals surface area (Å²) in [7, 11) is 0. The molecule has 2 heterocycles. The van der Waals surface area contributed by atoms with Crippen molar-refractivity contribution in [2.24, 2.45) is 11.8 Å². The predicted octanol–water partition coefficient (Wildman–Crippen LogP) is 5.07. The van der Waals surface area contributed by atoms with Crippen LogP contribution in [0.15, 0.2) is 48.5 Å². The molecule has 0 radical (unpaired) electrons. The Bertz CT molecular complexity index is 1000. The number of aromatic amines is 1. The van der Waals surface area contributed by atoms with Crippen molar-refractivity contribution < 1.29 is 5.11 Å². The van der Waals surface area contributed by atoms with E-state index >= 15 is 0 Å². The smallest absolute Gasteiger partial charge is 0.117 e. The van der Waals surface area contributed by atoms with Crippen molar-refractivity contribution in [1.82, 2.24) is 9.88 Å². The van der Waals surface area contributed by atoms with Gasteiger partial charge >= 0.3 is 0 Å². The van der Waals surface area contributed by atoms with E-state index in [2.05, 4.69) is 40.2 Å². The first-order valence-corrected chi connectivity index (χ1v) is 10.7. The van der Waals surface area contributed by atoms with Crippen LogP contribution in [-0.4, -0.2) is 32.9 Å². The highest BCUT2D eigenvalue weighted by Crippen LogP contribution is 2.38. The van der Waals surface area contributed by atoms with Gasteiger partial charge in [0.15, 0.2) is 0 Å². The van der Waals surface area contributed by atoms with Crippen LogP contribution in [0.25, 0.3) is 10.9 Å². The Kier molecular flexibility index (Phi) is 4.69. The van der Waals surface area contributed by atoms with Gasteiger partial charge in [-0.1, -0.05) is 42.5 Å². The lowest BCUT2D eigenvalue weighted by molar-refractivity contribution is 0.167. The number of aromatic nitrogens is 1. The first kappa shape index (κ1) is 17.9. The molecule has 1 saturated heterocycles. The number of hydrogen-bond acceptors (Lipinski definition) is 3. The number of likely N-dealkylation sites (tertiary alicyclic amines) is 1. The summed E-state index contributed by atoms with van der Waals surface area (Å²) in [6, 6.07) is 16.4. The maximum atomic E-state index is 9.71. The Morgan fingerprint density at radius 2 is 1.86 bits per heavy atom. The number of H-pyrrole nitrogens is 1. The molecule has 3 nitrogen and oxygen atoms in total. The molecule has 0 spiro atoms. The van der Waals surface area contributed by atoms with Crippen molar-refractivity contribution in [3.05, 3.63) is 65.4 Å². The van der Waals surface area contributed by atoms with Crippen LogP contribution < -0.4 is 0 Å². The van der Waals surface area contributed by atoms with Gasteiger partial charge in [-0.25, -0.2) is 0 Å². The number of nitrogens with one attached hydrogen (secondary N) is 1. The summed E-state index contributed by atoms with van der Waals surface area (Å²) in [6.07, 6.45) is 4.80. The quantitative estimate of drug-likeness (QED) is 0.611. The number of nitrogens with zero attached hydrogens (tertiary/aromatic N) is 1. The van der Waals surface area contributed by atoms with Gasteiger partial charge in [0.2, 0.25) is 0 Å². The average molecular weight is 391 g/mol. The average Bonchev–Trinajstić information content (AvgIpc) is 3.20. The second-order valence-electron chi connectivity index (χ2n) is 8.41. The van der Waals surface area contributed by atoms with Crippen LogP contribution in [-0.2, 0) is 13.0 Å². The normalized spacial score (nSPS) is 20.7. The molecule has 1 aliphatic heterocycles. The molecule has 0 bridgehead atoms. The number of hydrogen-bond donors (Lipinski definition) is 2. The van der Waals surface area contributed by atoms with Crippen LogP contribution in [0.1, 0.15) is 36.1 Å². The molecule has 28 heavy (non-hydrogen) atoms. The monoisotopic (exact) mass is 390 g/mol. The molecule has 1 fully saturated rings. The highest BCUT2D eigenvalue weighted by Gasteiger charge is 2.33. The van der Waals surface area contributed by atoms with Crippen molar-refractivity contribution in [2.75, 3.05) is 13.1 Å². The van der Waals surface area contributed by atoms with Gasteiger partial charge in [-0.05, 0) is 68.0 Å². The van der Waals surface area contributed by atoms with Gasteiger partial charge < -0.3 is 10.1 Å². The van der Waals surface area contributed by atoms with Gasteiger partial charge in [0, 0.05) is 34.3 Å². The fourth-order valence-electron chi connectivity index (χ4n) is 5.02. The maximum absolute atomic E-state index is 9.71. The zero-order chi connectivity index (χ0) is 19.1. The van der Waals surface area contributed by atoms with Crippen molar-refractivity contribution in [3.8, 4) is 5.75 Å². The first-order chi connectivity index (χ1) is 13.7. The van der Waals surface area contributed by atoms with E-state index < -0.39 is 0 Å². The summed E-state index contributed by atoms with van der Waals surface area (Å²) in [6.45, 7) is 3.44. The largest absolute Gasteiger partial charge is 0.508 e. The fraction of sp³-hybridized carbons (Fsp3) is 0.375. The van der Waals surface area contributed by atoms with Gasteiger partial charge in [0.05, 0.1) is 5.69 Å². The van der Waals surface area contributed by atoms with E-state index in [4.69, 9.17) is 12.2 Å². The molecule has 2 aromatic carbocycles. The Balaban J connectivity index is 1.20. The van der Waals surface area contributed by atoms with Crippen LogP contribution >= 0.6 is 12.2 Å². The molecule has 1 aromatic heterocycles. The molecule has 1 atom stereocenters. The molecule has 0 amide bonds. The van der Waals surface area contributed by atoms with Crippen LogP contribution in [0.5, 0.6) is 5.75 Å². The summed E-state index contributed by atoms with van der Waals surface area (Å²) in [5.74, 6) is 1.56. The summed E-state index contributed by atoms with van der Waals surface area (Å²) >= 11 is 5.84. The third kappa shape index (κ3) is 3.36. The highest BCUT2D eigenvalue weighted by atomic mass is 32.1. The Labute approximate surface area is 171 Å².